The number of rotatable bonds is 1. The van der Waals surface area contributed by atoms with Gasteiger partial charge in [0.2, 0.25) is 5.91 Å². The highest BCUT2D eigenvalue weighted by Crippen LogP contribution is 2.36. The first-order valence-electron chi connectivity index (χ1n) is 6.38. The topological polar surface area (TPSA) is 62.3 Å². The maximum absolute atomic E-state index is 12.3. The van der Waals surface area contributed by atoms with Gasteiger partial charge in [0.15, 0.2) is 5.82 Å². The summed E-state index contributed by atoms with van der Waals surface area (Å²) in [6, 6.07) is 8.70. The molecule has 106 valence electrons. The average Bonchev–Trinajstić information content (AvgIpc) is 2.60. The van der Waals surface area contributed by atoms with Gasteiger partial charge in [-0.25, -0.2) is 4.98 Å². The van der Waals surface area contributed by atoms with Gasteiger partial charge >= 0.3 is 0 Å². The average molecular weight is 302 g/mol. The highest BCUT2D eigenvalue weighted by atomic mass is 35.5. The summed E-state index contributed by atoms with van der Waals surface area (Å²) in [6.45, 7) is 1.89. The fraction of sp³-hybridized carbons (Fsp3) is 0.133. The molecule has 3 rings (SSSR count). The maximum atomic E-state index is 12.3. The molecule has 2 aromatic rings. The Bertz CT molecular complexity index is 745. The van der Waals surface area contributed by atoms with Crippen molar-refractivity contribution >= 4 is 40.6 Å². The Morgan fingerprint density at radius 3 is 2.95 bits per heavy atom. The van der Waals surface area contributed by atoms with Crippen LogP contribution in [-0.2, 0) is 4.79 Å². The Kier molecular flexibility index (Phi) is 3.35. The van der Waals surface area contributed by atoms with E-state index in [-0.39, 0.29) is 17.7 Å². The molecule has 0 atom stereocenters. The van der Waals surface area contributed by atoms with Crippen molar-refractivity contribution < 1.29 is 9.59 Å². The number of aryl methyl sites for hydroxylation is 1. The lowest BCUT2D eigenvalue weighted by Crippen LogP contribution is -2.28. The lowest BCUT2D eigenvalue weighted by atomic mass is 10.1. The standard InChI is InChI=1S/C15H12ClN3O2/c1-9-4-5-10-12(7-9)19(13(20)8-16)14-11(18-15(10)21)3-2-6-17-14/h2-7H,8H2,1H3,(H,18,21). The first kappa shape index (κ1) is 13.6. The Morgan fingerprint density at radius 1 is 1.38 bits per heavy atom. The number of pyridine rings is 1. The predicted molar refractivity (Wildman–Crippen MR) is 81.2 cm³/mol. The molecule has 0 fully saturated rings. The Hall–Kier alpha value is -2.40. The largest absolute Gasteiger partial charge is 0.319 e. The molecule has 0 spiro atoms. The third-order valence-electron chi connectivity index (χ3n) is 3.25. The number of hydrogen-bond acceptors (Lipinski definition) is 3. The summed E-state index contributed by atoms with van der Waals surface area (Å²) in [6.07, 6.45) is 1.57. The molecule has 0 bridgehead atoms. The van der Waals surface area contributed by atoms with E-state index in [0.29, 0.717) is 22.8 Å². The lowest BCUT2D eigenvalue weighted by Gasteiger charge is -2.22. The molecule has 1 aliphatic heterocycles. The summed E-state index contributed by atoms with van der Waals surface area (Å²) >= 11 is 5.72. The van der Waals surface area contributed by atoms with E-state index in [2.05, 4.69) is 10.3 Å². The molecular formula is C15H12ClN3O2. The number of nitrogens with one attached hydrogen (secondary N) is 1. The van der Waals surface area contributed by atoms with Crippen LogP contribution >= 0.6 is 11.6 Å². The van der Waals surface area contributed by atoms with Crippen molar-refractivity contribution in [3.8, 4) is 0 Å². The Morgan fingerprint density at radius 2 is 2.19 bits per heavy atom. The van der Waals surface area contributed by atoms with Crippen LogP contribution in [0.1, 0.15) is 15.9 Å². The van der Waals surface area contributed by atoms with Crippen molar-refractivity contribution in [3.05, 3.63) is 47.7 Å². The maximum Gasteiger partial charge on any atom is 0.257 e. The number of alkyl halides is 1. The molecule has 2 heterocycles. The number of halogens is 1. The van der Waals surface area contributed by atoms with Crippen LogP contribution in [0.15, 0.2) is 36.5 Å². The SMILES string of the molecule is Cc1ccc2c(c1)N(C(=O)CCl)c1ncccc1NC2=O. The van der Waals surface area contributed by atoms with Crippen LogP contribution in [0.25, 0.3) is 0 Å². The molecule has 0 aliphatic carbocycles. The summed E-state index contributed by atoms with van der Waals surface area (Å²) in [4.78, 5) is 30.2. The summed E-state index contributed by atoms with van der Waals surface area (Å²) in [5.41, 5.74) is 2.33. The number of carbonyl (C=O) groups is 2. The van der Waals surface area contributed by atoms with Crippen molar-refractivity contribution in [1.29, 1.82) is 0 Å². The molecule has 2 amide bonds. The van der Waals surface area contributed by atoms with E-state index < -0.39 is 0 Å². The van der Waals surface area contributed by atoms with E-state index in [9.17, 15) is 9.59 Å². The number of nitrogens with zero attached hydrogens (tertiary/aromatic N) is 2. The van der Waals surface area contributed by atoms with Crippen LogP contribution in [0, 0.1) is 6.92 Å². The molecule has 0 radical (unpaired) electrons. The molecule has 1 N–H and O–H groups in total. The second kappa shape index (κ2) is 5.18. The molecule has 1 aliphatic rings. The zero-order valence-electron chi connectivity index (χ0n) is 11.3. The van der Waals surface area contributed by atoms with E-state index in [4.69, 9.17) is 11.6 Å². The fourth-order valence-electron chi connectivity index (χ4n) is 2.31. The smallest absolute Gasteiger partial charge is 0.257 e. The van der Waals surface area contributed by atoms with Crippen molar-refractivity contribution in [3.63, 3.8) is 0 Å². The van der Waals surface area contributed by atoms with Gasteiger partial charge in [-0.15, -0.1) is 11.6 Å². The highest BCUT2D eigenvalue weighted by Gasteiger charge is 2.29. The van der Waals surface area contributed by atoms with Crippen molar-refractivity contribution in [2.75, 3.05) is 16.1 Å². The van der Waals surface area contributed by atoms with Crippen LogP contribution in [0.4, 0.5) is 17.2 Å². The molecular weight excluding hydrogens is 290 g/mol. The third-order valence-corrected chi connectivity index (χ3v) is 3.48. The number of carbonyl (C=O) groups excluding carboxylic acids is 2. The second-order valence-electron chi connectivity index (χ2n) is 4.71. The molecule has 0 saturated heterocycles. The van der Waals surface area contributed by atoms with Gasteiger partial charge in [0.25, 0.3) is 5.91 Å². The van der Waals surface area contributed by atoms with Crippen molar-refractivity contribution in [2.45, 2.75) is 6.92 Å². The number of amides is 2. The lowest BCUT2D eigenvalue weighted by molar-refractivity contribution is -0.115. The minimum absolute atomic E-state index is 0.197. The van der Waals surface area contributed by atoms with E-state index >= 15 is 0 Å². The minimum atomic E-state index is -0.333. The zero-order chi connectivity index (χ0) is 15.0. The van der Waals surface area contributed by atoms with Gasteiger partial charge in [0, 0.05) is 6.20 Å². The van der Waals surface area contributed by atoms with Gasteiger partial charge in [-0.2, -0.15) is 0 Å². The summed E-state index contributed by atoms with van der Waals surface area (Å²) < 4.78 is 0. The summed E-state index contributed by atoms with van der Waals surface area (Å²) in [5, 5.41) is 2.77. The van der Waals surface area contributed by atoms with Crippen molar-refractivity contribution in [1.82, 2.24) is 4.98 Å². The van der Waals surface area contributed by atoms with Gasteiger partial charge in [0.05, 0.1) is 16.9 Å². The minimum Gasteiger partial charge on any atom is -0.319 e. The van der Waals surface area contributed by atoms with E-state index in [1.165, 1.54) is 4.90 Å². The normalized spacial score (nSPS) is 13.0. The first-order chi connectivity index (χ1) is 10.1. The molecule has 21 heavy (non-hydrogen) atoms. The number of aromatic nitrogens is 1. The molecule has 0 unspecified atom stereocenters. The Labute approximate surface area is 126 Å². The summed E-state index contributed by atoms with van der Waals surface area (Å²) in [5.74, 6) is -0.428. The van der Waals surface area contributed by atoms with Crippen LogP contribution in [0.5, 0.6) is 0 Å². The van der Waals surface area contributed by atoms with Gasteiger partial charge < -0.3 is 5.32 Å². The number of benzene rings is 1. The molecule has 1 aromatic carbocycles. The van der Waals surface area contributed by atoms with Crippen molar-refractivity contribution in [2.24, 2.45) is 0 Å². The molecule has 1 aromatic heterocycles. The summed E-state index contributed by atoms with van der Waals surface area (Å²) in [7, 11) is 0. The number of fused-ring (bicyclic) bond motifs is 2. The van der Waals surface area contributed by atoms with Crippen LogP contribution in [-0.4, -0.2) is 22.7 Å². The third kappa shape index (κ3) is 2.25. The Balaban J connectivity index is 2.31. The van der Waals surface area contributed by atoms with Crippen LogP contribution < -0.4 is 10.2 Å². The van der Waals surface area contributed by atoms with Gasteiger partial charge in [-0.1, -0.05) is 6.07 Å². The number of hydrogen-bond donors (Lipinski definition) is 1. The number of anilines is 3. The zero-order valence-corrected chi connectivity index (χ0v) is 12.0. The van der Waals surface area contributed by atoms with E-state index in [1.54, 1.807) is 30.5 Å². The highest BCUT2D eigenvalue weighted by molar-refractivity contribution is 6.31. The predicted octanol–water partition coefficient (Wildman–Crippen LogP) is 2.86. The monoisotopic (exact) mass is 301 g/mol. The molecule has 6 heteroatoms. The quantitative estimate of drug-likeness (QED) is 0.824. The molecule has 0 saturated carbocycles. The van der Waals surface area contributed by atoms with Crippen LogP contribution in [0.3, 0.4) is 0 Å². The second-order valence-corrected chi connectivity index (χ2v) is 4.98. The first-order valence-corrected chi connectivity index (χ1v) is 6.91. The van der Waals surface area contributed by atoms with E-state index in [1.807, 2.05) is 13.0 Å². The molecule has 5 nitrogen and oxygen atoms in total. The van der Waals surface area contributed by atoms with E-state index in [0.717, 1.165) is 5.56 Å². The van der Waals surface area contributed by atoms with Crippen LogP contribution in [0.2, 0.25) is 0 Å². The fourth-order valence-corrected chi connectivity index (χ4v) is 2.43. The van der Waals surface area contributed by atoms with Gasteiger partial charge in [-0.3, -0.25) is 14.5 Å². The van der Waals surface area contributed by atoms with Gasteiger partial charge in [-0.05, 0) is 36.8 Å². The van der Waals surface area contributed by atoms with Gasteiger partial charge in [0.1, 0.15) is 5.88 Å².